The Morgan fingerprint density at radius 2 is 1.70 bits per heavy atom. The number of aryl methyl sites for hydroxylation is 1. The summed E-state index contributed by atoms with van der Waals surface area (Å²) >= 11 is 0. The normalized spacial score (nSPS) is 23.8. The molecule has 4 fully saturated rings. The van der Waals surface area contributed by atoms with Gasteiger partial charge in [0.2, 0.25) is 0 Å². The van der Waals surface area contributed by atoms with Gasteiger partial charge in [-0.05, 0) is 97.1 Å². The molecule has 300 valence electrons. The molecule has 57 heavy (non-hydrogen) atoms. The van der Waals surface area contributed by atoms with Gasteiger partial charge in [-0.2, -0.15) is 15.1 Å². The second kappa shape index (κ2) is 14.3. The molecule has 8 nitrogen and oxygen atoms in total. The number of ether oxygens (including phenoxy) is 1. The Hall–Kier alpha value is -4.21. The van der Waals surface area contributed by atoms with Crippen molar-refractivity contribution < 1.29 is 17.9 Å². The first-order valence-electron chi connectivity index (χ1n) is 21.1. The van der Waals surface area contributed by atoms with Crippen LogP contribution in [0.15, 0.2) is 30.6 Å². The average Bonchev–Trinajstić information content (AvgIpc) is 3.94. The average molecular weight is 794 g/mol. The van der Waals surface area contributed by atoms with E-state index in [-0.39, 0.29) is 29.4 Å². The van der Waals surface area contributed by atoms with Crippen LogP contribution in [-0.4, -0.2) is 82.0 Å². The number of fused-ring (bicyclic) bond motifs is 7. The van der Waals surface area contributed by atoms with E-state index in [1.165, 1.54) is 23.3 Å². The highest BCUT2D eigenvalue weighted by Crippen LogP contribution is 2.45. The second-order valence-corrected chi connectivity index (χ2v) is 24.1. The minimum atomic E-state index is -2.26. The van der Waals surface area contributed by atoms with Crippen molar-refractivity contribution in [1.82, 2.24) is 29.5 Å². The number of pyridine rings is 1. The number of hydrogen-bond donors (Lipinski definition) is 0. The maximum absolute atomic E-state index is 18.0. The molecule has 4 atom stereocenters. The van der Waals surface area contributed by atoms with Gasteiger partial charge >= 0.3 is 6.01 Å². The molecule has 0 spiro atoms. The van der Waals surface area contributed by atoms with Crippen molar-refractivity contribution in [3.05, 3.63) is 53.4 Å². The van der Waals surface area contributed by atoms with E-state index in [4.69, 9.17) is 19.7 Å². The van der Waals surface area contributed by atoms with E-state index in [9.17, 15) is 4.39 Å². The lowest BCUT2D eigenvalue weighted by atomic mass is 9.94. The monoisotopic (exact) mass is 793 g/mol. The third-order valence-electron chi connectivity index (χ3n) is 14.1. The molecular weight excluding hydrogens is 740 g/mol. The van der Waals surface area contributed by atoms with Crippen LogP contribution in [0, 0.1) is 41.9 Å². The zero-order valence-corrected chi connectivity index (χ0v) is 35.3. The summed E-state index contributed by atoms with van der Waals surface area (Å²) in [5, 5.41) is 6.39. The summed E-state index contributed by atoms with van der Waals surface area (Å²) in [7, 11) is -2.26. The summed E-state index contributed by atoms with van der Waals surface area (Å²) in [4.78, 5) is 19.0. The van der Waals surface area contributed by atoms with Crippen LogP contribution >= 0.6 is 0 Å². The van der Waals surface area contributed by atoms with Crippen molar-refractivity contribution in [1.29, 1.82) is 0 Å². The summed E-state index contributed by atoms with van der Waals surface area (Å²) in [5.41, 5.74) is 6.56. The van der Waals surface area contributed by atoms with Crippen LogP contribution in [0.3, 0.4) is 0 Å². The molecule has 9 rings (SSSR count). The van der Waals surface area contributed by atoms with Crippen molar-refractivity contribution in [2.45, 2.75) is 115 Å². The Labute approximate surface area is 334 Å². The summed E-state index contributed by atoms with van der Waals surface area (Å²) in [5.74, 6) is 3.96. The predicted octanol–water partition coefficient (Wildman–Crippen LogP) is 9.84. The molecule has 1 saturated carbocycles. The fourth-order valence-corrected chi connectivity index (χ4v) is 16.8. The fourth-order valence-electron chi connectivity index (χ4n) is 11.6. The topological polar surface area (TPSA) is 71.7 Å². The maximum atomic E-state index is 18.0. The third-order valence-corrected chi connectivity index (χ3v) is 20.4. The number of rotatable bonds is 8. The van der Waals surface area contributed by atoms with Crippen molar-refractivity contribution in [3.63, 3.8) is 0 Å². The number of aromatic nitrogens is 5. The Morgan fingerprint density at radius 1 is 0.965 bits per heavy atom. The SMILES string of the molecule is Cc1cc(-c2c(F)c3nc(OC[C@@]45CCCN4C[C@H](F)C5)nc(N4CC5CCC(C5)C4)c3c3ncnn23)c2c(C#C[Si](C(C)C)(C(C)C)C(C)C)c(F)ccc2c1. The number of anilines is 1. The van der Waals surface area contributed by atoms with Gasteiger partial charge in [0, 0.05) is 37.0 Å². The summed E-state index contributed by atoms with van der Waals surface area (Å²) in [6.45, 7) is 18.4. The molecule has 3 aliphatic heterocycles. The van der Waals surface area contributed by atoms with Gasteiger partial charge in [-0.15, -0.1) is 5.54 Å². The van der Waals surface area contributed by atoms with Crippen molar-refractivity contribution in [3.8, 4) is 28.7 Å². The first-order valence-corrected chi connectivity index (χ1v) is 23.3. The highest BCUT2D eigenvalue weighted by atomic mass is 28.3. The quantitative estimate of drug-likeness (QED) is 0.115. The largest absolute Gasteiger partial charge is 0.461 e. The smallest absolute Gasteiger partial charge is 0.319 e. The number of alkyl halides is 1. The molecule has 1 aliphatic carbocycles. The van der Waals surface area contributed by atoms with E-state index in [0.717, 1.165) is 56.3 Å². The fraction of sp³-hybridized carbons (Fsp3) is 0.556. The van der Waals surface area contributed by atoms with Crippen LogP contribution in [0.1, 0.15) is 91.2 Å². The van der Waals surface area contributed by atoms with E-state index < -0.39 is 31.4 Å². The molecule has 0 N–H and O–H groups in total. The highest BCUT2D eigenvalue weighted by molar-refractivity contribution is 6.90. The minimum Gasteiger partial charge on any atom is -0.461 e. The van der Waals surface area contributed by atoms with Crippen molar-refractivity contribution in [2.24, 2.45) is 11.8 Å². The second-order valence-electron chi connectivity index (χ2n) is 18.5. The van der Waals surface area contributed by atoms with E-state index in [1.54, 1.807) is 6.07 Å². The molecule has 0 radical (unpaired) electrons. The van der Waals surface area contributed by atoms with E-state index in [0.29, 0.717) is 69.2 Å². The van der Waals surface area contributed by atoms with Gasteiger partial charge in [-0.3, -0.25) is 4.90 Å². The van der Waals surface area contributed by atoms with E-state index in [1.807, 2.05) is 19.1 Å². The number of halogens is 3. The molecule has 5 aromatic rings. The molecule has 3 saturated heterocycles. The molecule has 2 unspecified atom stereocenters. The molecule has 3 aromatic heterocycles. The Balaban J connectivity index is 1.27. The molecule has 2 aromatic carbocycles. The first kappa shape index (κ1) is 38.3. The molecule has 2 bridgehead atoms. The van der Waals surface area contributed by atoms with Gasteiger partial charge in [-0.1, -0.05) is 59.6 Å². The summed E-state index contributed by atoms with van der Waals surface area (Å²) in [6.07, 6.45) is 6.24. The Kier molecular flexibility index (Phi) is 9.58. The first-order chi connectivity index (χ1) is 27.3. The summed E-state index contributed by atoms with van der Waals surface area (Å²) in [6, 6.07) is 7.16. The number of hydrogen-bond acceptors (Lipinski definition) is 7. The van der Waals surface area contributed by atoms with Crippen molar-refractivity contribution in [2.75, 3.05) is 37.7 Å². The van der Waals surface area contributed by atoms with Gasteiger partial charge in [0.25, 0.3) is 0 Å². The number of piperidine rings is 1. The number of benzene rings is 2. The minimum absolute atomic E-state index is 0.0664. The van der Waals surface area contributed by atoms with Crippen LogP contribution < -0.4 is 9.64 Å². The summed E-state index contributed by atoms with van der Waals surface area (Å²) < 4.78 is 57.1. The van der Waals surface area contributed by atoms with Crippen molar-refractivity contribution >= 4 is 41.2 Å². The Bertz CT molecular complexity index is 2420. The van der Waals surface area contributed by atoms with Crippen LogP contribution in [-0.2, 0) is 0 Å². The molecular formula is C45H54F3N7OSi. The van der Waals surface area contributed by atoms with Gasteiger partial charge in [-0.25, -0.2) is 22.7 Å². The zero-order valence-electron chi connectivity index (χ0n) is 34.3. The van der Waals surface area contributed by atoms with Gasteiger partial charge in [0.1, 0.15) is 50.0 Å². The molecule has 12 heteroatoms. The predicted molar refractivity (Wildman–Crippen MR) is 223 cm³/mol. The molecule has 6 heterocycles. The van der Waals surface area contributed by atoms with E-state index in [2.05, 4.69) is 67.9 Å². The van der Waals surface area contributed by atoms with Gasteiger partial charge in [0.15, 0.2) is 11.5 Å². The molecule has 4 aliphatic rings. The van der Waals surface area contributed by atoms with Crippen LogP contribution in [0.25, 0.3) is 38.6 Å². The molecule has 0 amide bonds. The standard InChI is InChI=1S/C45H54F3N7OSi/c1-26(2)57(27(3)4,28(5)6)16-13-34-36(47)12-11-32-17-29(7)18-35(37(32)34)41-39(48)40-38(42-49-25-50-55(41)42)43(53-21-30-9-10-31(19-30)22-53)52-44(51-40)56-24-45-14-8-15-54(45)23-33(46)20-45/h11-12,17-18,25-28,30-31,33H,8-10,14-15,19-24H2,1-7H3/t30?,31?,33-,45+/m1/s1. The Morgan fingerprint density at radius 3 is 2.42 bits per heavy atom. The van der Waals surface area contributed by atoms with Crippen LogP contribution in [0.4, 0.5) is 19.0 Å². The van der Waals surface area contributed by atoms with Gasteiger partial charge in [0.05, 0.1) is 16.5 Å². The van der Waals surface area contributed by atoms with Gasteiger partial charge < -0.3 is 9.64 Å². The lowest BCUT2D eigenvalue weighted by Gasteiger charge is -2.38. The van der Waals surface area contributed by atoms with E-state index >= 15 is 8.78 Å². The number of nitrogens with zero attached hydrogens (tertiary/aromatic N) is 7. The lowest BCUT2D eigenvalue weighted by molar-refractivity contribution is 0.107. The van der Waals surface area contributed by atoms with Crippen LogP contribution in [0.2, 0.25) is 16.6 Å². The zero-order chi connectivity index (χ0) is 40.0. The maximum Gasteiger partial charge on any atom is 0.319 e. The van der Waals surface area contributed by atoms with Crippen LogP contribution in [0.5, 0.6) is 6.01 Å². The highest BCUT2D eigenvalue weighted by Gasteiger charge is 2.49. The third kappa shape index (κ3) is 6.21. The lowest BCUT2D eigenvalue weighted by Crippen LogP contribution is -2.43.